The number of hydrogen-bond acceptors (Lipinski definition) is 6. The lowest BCUT2D eigenvalue weighted by Crippen LogP contribution is -2.32. The number of aliphatic hydroxyl groups excluding tert-OH is 1. The Kier molecular flexibility index (Phi) is 3.71. The van der Waals surface area contributed by atoms with Gasteiger partial charge in [-0.3, -0.25) is 4.79 Å². The van der Waals surface area contributed by atoms with Gasteiger partial charge in [-0.2, -0.15) is 5.26 Å². The largest absolute Gasteiger partial charge is 0.509 e. The highest BCUT2D eigenvalue weighted by Crippen LogP contribution is 2.31. The molecule has 1 aliphatic heterocycles. The smallest absolute Gasteiger partial charge is 0.269 e. The summed E-state index contributed by atoms with van der Waals surface area (Å²) in [6.07, 6.45) is 0. The third kappa shape index (κ3) is 2.54. The number of nitriles is 1. The van der Waals surface area contributed by atoms with Gasteiger partial charge in [0.05, 0.1) is 23.1 Å². The molecule has 8 nitrogen and oxygen atoms in total. The van der Waals surface area contributed by atoms with E-state index in [4.69, 9.17) is 0 Å². The van der Waals surface area contributed by atoms with Crippen molar-refractivity contribution in [3.63, 3.8) is 0 Å². The van der Waals surface area contributed by atoms with Gasteiger partial charge in [-0.1, -0.05) is 24.3 Å². The molecule has 0 bridgehead atoms. The molecule has 0 spiro atoms. The highest BCUT2D eigenvalue weighted by Gasteiger charge is 2.41. The molecule has 0 radical (unpaired) electrons. The Morgan fingerprint density at radius 2 is 1.89 bits per heavy atom. The number of H-pyrrole nitrogens is 1. The van der Waals surface area contributed by atoms with Crippen LogP contribution in [0.15, 0.2) is 59.2 Å². The number of carbonyl (C=O) groups is 1. The highest BCUT2D eigenvalue weighted by atomic mass is 32.2. The molecule has 0 fully saturated rings. The van der Waals surface area contributed by atoms with Gasteiger partial charge in [-0.25, -0.2) is 17.7 Å². The lowest BCUT2D eigenvalue weighted by Gasteiger charge is -2.14. The number of para-hydroxylation sites is 2. The van der Waals surface area contributed by atoms with Crippen LogP contribution in [0.25, 0.3) is 16.6 Å². The molecular weight excluding hydrogens is 368 g/mol. The van der Waals surface area contributed by atoms with Crippen LogP contribution in [0.1, 0.15) is 16.2 Å². The highest BCUT2D eigenvalue weighted by molar-refractivity contribution is 7.90. The van der Waals surface area contributed by atoms with Gasteiger partial charge in [-0.15, -0.1) is 0 Å². The normalized spacial score (nSPS) is 16.1. The van der Waals surface area contributed by atoms with Gasteiger partial charge in [0.15, 0.2) is 5.82 Å². The van der Waals surface area contributed by atoms with Gasteiger partial charge in [0, 0.05) is 0 Å². The van der Waals surface area contributed by atoms with Crippen LogP contribution in [0, 0.1) is 11.3 Å². The van der Waals surface area contributed by atoms with Crippen molar-refractivity contribution in [1.29, 1.82) is 5.26 Å². The van der Waals surface area contributed by atoms with Gasteiger partial charge in [-0.05, 0) is 24.3 Å². The fourth-order valence-electron chi connectivity index (χ4n) is 2.93. The van der Waals surface area contributed by atoms with Crippen molar-refractivity contribution in [1.82, 2.24) is 14.3 Å². The minimum Gasteiger partial charge on any atom is -0.509 e. The first-order valence-corrected chi connectivity index (χ1v) is 9.31. The summed E-state index contributed by atoms with van der Waals surface area (Å²) in [5.74, 6) is -1.22. The maximum Gasteiger partial charge on any atom is 0.269 e. The Morgan fingerprint density at radius 1 is 1.19 bits per heavy atom. The average Bonchev–Trinajstić information content (AvgIpc) is 3.16. The number of hydrogen-bond donors (Lipinski definition) is 2. The molecule has 134 valence electrons. The van der Waals surface area contributed by atoms with E-state index in [9.17, 15) is 23.6 Å². The topological polar surface area (TPSA) is 127 Å². The van der Waals surface area contributed by atoms with E-state index in [2.05, 4.69) is 9.97 Å². The number of aromatic amines is 1. The fourth-order valence-corrected chi connectivity index (χ4v) is 4.46. The minimum atomic E-state index is -4.09. The van der Waals surface area contributed by atoms with Crippen molar-refractivity contribution in [2.45, 2.75) is 4.90 Å². The second-order valence-corrected chi connectivity index (χ2v) is 7.68. The average molecular weight is 380 g/mol. The second kappa shape index (κ2) is 5.96. The molecule has 0 atom stereocenters. The molecule has 0 saturated heterocycles. The number of aromatic nitrogens is 2. The number of imidazole rings is 1. The number of allylic oxidation sites excluding steroid dienone is 1. The lowest BCUT2D eigenvalue weighted by atomic mass is 10.2. The van der Waals surface area contributed by atoms with E-state index < -0.39 is 28.2 Å². The van der Waals surface area contributed by atoms with Crippen molar-refractivity contribution < 1.29 is 18.3 Å². The quantitative estimate of drug-likeness (QED) is 0.530. The van der Waals surface area contributed by atoms with Crippen LogP contribution in [0.4, 0.5) is 0 Å². The van der Waals surface area contributed by atoms with E-state index in [0.29, 0.717) is 15.3 Å². The van der Waals surface area contributed by atoms with E-state index in [1.54, 1.807) is 30.3 Å². The third-order valence-electron chi connectivity index (χ3n) is 4.23. The van der Waals surface area contributed by atoms with Crippen LogP contribution in [0.3, 0.4) is 0 Å². The van der Waals surface area contributed by atoms with E-state index >= 15 is 0 Å². The maximum atomic E-state index is 12.6. The standard InChI is InChI=1S/C18H12N4O4S/c19-9-12(17-20-13-6-2-3-7-14(13)21-17)15(23)10-22-18(24)11-5-1-4-8-16(11)27(22,25)26/h1-8,23H,10H2,(H,20,21)/b15-12-. The first-order chi connectivity index (χ1) is 12.9. The molecule has 0 saturated carbocycles. The number of nitrogens with zero attached hydrogens (tertiary/aromatic N) is 3. The molecule has 1 aromatic heterocycles. The van der Waals surface area contributed by atoms with Crippen molar-refractivity contribution in [3.8, 4) is 6.07 Å². The van der Waals surface area contributed by atoms with Crippen LogP contribution >= 0.6 is 0 Å². The summed E-state index contributed by atoms with van der Waals surface area (Å²) in [6, 6.07) is 14.7. The summed E-state index contributed by atoms with van der Waals surface area (Å²) < 4.78 is 25.7. The van der Waals surface area contributed by atoms with E-state index in [-0.39, 0.29) is 21.9 Å². The van der Waals surface area contributed by atoms with Gasteiger partial charge in [0.2, 0.25) is 0 Å². The third-order valence-corrected chi connectivity index (χ3v) is 6.02. The Hall–Kier alpha value is -3.64. The van der Waals surface area contributed by atoms with Crippen molar-refractivity contribution in [2.24, 2.45) is 0 Å². The van der Waals surface area contributed by atoms with E-state index in [1.165, 1.54) is 18.2 Å². The predicted molar refractivity (Wildman–Crippen MR) is 95.9 cm³/mol. The summed E-state index contributed by atoms with van der Waals surface area (Å²) in [6.45, 7) is -0.657. The van der Waals surface area contributed by atoms with Gasteiger partial charge < -0.3 is 10.1 Å². The first kappa shape index (κ1) is 16.8. The van der Waals surface area contributed by atoms with Crippen LogP contribution in [0.5, 0.6) is 0 Å². The van der Waals surface area contributed by atoms with Crippen molar-refractivity contribution in [3.05, 3.63) is 65.7 Å². The predicted octanol–water partition coefficient (Wildman–Crippen LogP) is 2.20. The number of sulfonamides is 1. The van der Waals surface area contributed by atoms with E-state index in [0.717, 1.165) is 0 Å². The molecule has 0 unspecified atom stereocenters. The van der Waals surface area contributed by atoms with Crippen LogP contribution in [-0.2, 0) is 10.0 Å². The zero-order valence-corrected chi connectivity index (χ0v) is 14.6. The SMILES string of the molecule is N#C/C(=C(/O)CN1C(=O)c2ccccc2S1(=O)=O)c1nc2ccccc2[nH]1. The number of nitrogens with one attached hydrogen (secondary N) is 1. The van der Waals surface area contributed by atoms with Crippen LogP contribution in [-0.4, -0.2) is 40.2 Å². The summed E-state index contributed by atoms with van der Waals surface area (Å²) >= 11 is 0. The summed E-state index contributed by atoms with van der Waals surface area (Å²) in [4.78, 5) is 19.4. The Bertz CT molecular complexity index is 1230. The molecule has 9 heteroatoms. The zero-order valence-electron chi connectivity index (χ0n) is 13.7. The van der Waals surface area contributed by atoms with Crippen molar-refractivity contribution in [2.75, 3.05) is 6.54 Å². The molecule has 0 aliphatic carbocycles. The first-order valence-electron chi connectivity index (χ1n) is 7.87. The monoisotopic (exact) mass is 380 g/mol. The summed E-state index contributed by atoms with van der Waals surface area (Å²) in [5, 5.41) is 19.9. The number of fused-ring (bicyclic) bond motifs is 2. The number of amides is 1. The number of aliphatic hydroxyl groups is 1. The minimum absolute atomic E-state index is 0.0348. The number of benzene rings is 2. The maximum absolute atomic E-state index is 12.6. The Labute approximate surface area is 154 Å². The van der Waals surface area contributed by atoms with Gasteiger partial charge in [0.25, 0.3) is 15.9 Å². The number of carbonyl (C=O) groups excluding carboxylic acids is 1. The lowest BCUT2D eigenvalue weighted by molar-refractivity contribution is 0.0869. The molecule has 2 N–H and O–H groups in total. The molecule has 27 heavy (non-hydrogen) atoms. The molecule has 2 aromatic carbocycles. The van der Waals surface area contributed by atoms with Gasteiger partial charge in [0.1, 0.15) is 22.3 Å². The Morgan fingerprint density at radius 3 is 2.59 bits per heavy atom. The zero-order chi connectivity index (χ0) is 19.2. The molecule has 3 aromatic rings. The molecular formula is C18H12N4O4S. The molecule has 1 aliphatic rings. The second-order valence-electron chi connectivity index (χ2n) is 5.85. The van der Waals surface area contributed by atoms with Crippen LogP contribution < -0.4 is 0 Å². The number of rotatable bonds is 3. The molecule has 2 heterocycles. The fraction of sp³-hybridized carbons (Fsp3) is 0.0556. The molecule has 1 amide bonds. The van der Waals surface area contributed by atoms with E-state index in [1.807, 2.05) is 6.07 Å². The Balaban J connectivity index is 1.75. The summed E-state index contributed by atoms with van der Waals surface area (Å²) in [5.41, 5.74) is 1.05. The van der Waals surface area contributed by atoms with Crippen molar-refractivity contribution >= 4 is 32.5 Å². The summed E-state index contributed by atoms with van der Waals surface area (Å²) in [7, 11) is -4.09. The van der Waals surface area contributed by atoms with Crippen LogP contribution in [0.2, 0.25) is 0 Å². The van der Waals surface area contributed by atoms with Gasteiger partial charge >= 0.3 is 0 Å². The molecule has 4 rings (SSSR count).